The summed E-state index contributed by atoms with van der Waals surface area (Å²) >= 11 is 0. The molecular formula is C12H17N6. The molecule has 0 spiro atoms. The Morgan fingerprint density at radius 3 is 2.39 bits per heavy atom. The van der Waals surface area contributed by atoms with Crippen LogP contribution in [0.5, 0.6) is 0 Å². The molecule has 1 aromatic rings. The second-order valence-electron chi connectivity index (χ2n) is 3.78. The van der Waals surface area contributed by atoms with Gasteiger partial charge in [-0.05, 0) is 31.5 Å². The summed E-state index contributed by atoms with van der Waals surface area (Å²) in [7, 11) is 0. The van der Waals surface area contributed by atoms with E-state index in [1.807, 2.05) is 12.1 Å². The third-order valence-corrected chi connectivity index (χ3v) is 2.71. The Kier molecular flexibility index (Phi) is 4.14. The third-order valence-electron chi connectivity index (χ3n) is 2.71. The summed E-state index contributed by atoms with van der Waals surface area (Å²) in [5, 5.41) is 7.78. The highest BCUT2D eigenvalue weighted by Gasteiger charge is 2.07. The van der Waals surface area contributed by atoms with Crippen LogP contribution in [0, 0.1) is 0 Å². The van der Waals surface area contributed by atoms with Crippen LogP contribution in [0.25, 0.3) is 0 Å². The second-order valence-corrected chi connectivity index (χ2v) is 3.78. The summed E-state index contributed by atoms with van der Waals surface area (Å²) in [4.78, 5) is 2.30. The molecule has 6 nitrogen and oxygen atoms in total. The molecule has 0 unspecified atom stereocenters. The molecule has 1 fully saturated rings. The van der Waals surface area contributed by atoms with Gasteiger partial charge in [0.15, 0.2) is 0 Å². The molecule has 1 heterocycles. The van der Waals surface area contributed by atoms with Crippen LogP contribution in [0.15, 0.2) is 34.5 Å². The Morgan fingerprint density at radius 1 is 1.22 bits per heavy atom. The van der Waals surface area contributed by atoms with Crippen molar-refractivity contribution in [3.05, 3.63) is 29.8 Å². The molecule has 95 valence electrons. The van der Waals surface area contributed by atoms with E-state index < -0.39 is 0 Å². The minimum absolute atomic E-state index is 0.492. The topological polar surface area (TPSA) is 66.1 Å². The average Bonchev–Trinajstić information content (AvgIpc) is 2.35. The van der Waals surface area contributed by atoms with Gasteiger partial charge in [-0.15, -0.1) is 16.1 Å². The van der Waals surface area contributed by atoms with Crippen LogP contribution in [0.2, 0.25) is 0 Å². The second kappa shape index (κ2) is 6.02. The first-order valence-corrected chi connectivity index (χ1v) is 6.01. The van der Waals surface area contributed by atoms with E-state index in [-0.39, 0.29) is 0 Å². The molecule has 1 saturated heterocycles. The highest BCUT2D eigenvalue weighted by atomic mass is 15.8. The van der Waals surface area contributed by atoms with Crippen LogP contribution in [0.3, 0.4) is 0 Å². The maximum atomic E-state index is 3.93. The van der Waals surface area contributed by atoms with Crippen LogP contribution in [-0.2, 0) is 0 Å². The number of hydrazine groups is 1. The van der Waals surface area contributed by atoms with Gasteiger partial charge in [-0.25, -0.2) is 0 Å². The van der Waals surface area contributed by atoms with Crippen molar-refractivity contribution in [3.8, 4) is 0 Å². The molecule has 1 radical (unpaired) electrons. The summed E-state index contributed by atoms with van der Waals surface area (Å²) < 4.78 is 0. The zero-order chi connectivity index (χ0) is 12.8. The van der Waals surface area contributed by atoms with Crippen molar-refractivity contribution in [1.29, 1.82) is 0 Å². The Labute approximate surface area is 107 Å². The van der Waals surface area contributed by atoms with Gasteiger partial charge in [0.25, 0.3) is 5.96 Å². The van der Waals surface area contributed by atoms with Crippen LogP contribution < -0.4 is 21.3 Å². The number of hydrogen-bond donors (Lipinski definition) is 2. The highest BCUT2D eigenvalue weighted by Crippen LogP contribution is 2.13. The number of guanidine groups is 1. The lowest BCUT2D eigenvalue weighted by molar-refractivity contribution is 0.488. The number of nitrogens with one attached hydrogen (secondary N) is 2. The molecule has 0 atom stereocenters. The monoisotopic (exact) mass is 245 g/mol. The van der Waals surface area contributed by atoms with Gasteiger partial charge in [0.05, 0.1) is 6.21 Å². The van der Waals surface area contributed by atoms with Crippen LogP contribution in [-0.4, -0.2) is 25.3 Å². The first kappa shape index (κ1) is 12.4. The van der Waals surface area contributed by atoms with E-state index in [4.69, 9.17) is 0 Å². The lowest BCUT2D eigenvalue weighted by Crippen LogP contribution is -2.60. The number of nitrogens with zero attached hydrogens (tertiary/aromatic N) is 4. The molecule has 0 bridgehead atoms. The molecule has 0 amide bonds. The molecule has 2 N–H and O–H groups in total. The van der Waals surface area contributed by atoms with Gasteiger partial charge < -0.3 is 4.90 Å². The fourth-order valence-electron chi connectivity index (χ4n) is 1.66. The molecule has 1 aliphatic rings. The number of benzene rings is 1. The lowest BCUT2D eigenvalue weighted by atomic mass is 10.2. The summed E-state index contributed by atoms with van der Waals surface area (Å²) in [6.07, 6.45) is 1.70. The number of rotatable bonds is 5. The summed E-state index contributed by atoms with van der Waals surface area (Å²) in [5.41, 5.74) is 11.2. The summed E-state index contributed by atoms with van der Waals surface area (Å²) in [6.45, 7) is 6.33. The van der Waals surface area contributed by atoms with Crippen molar-refractivity contribution in [3.63, 3.8) is 0 Å². The molecular weight excluding hydrogens is 228 g/mol. The van der Waals surface area contributed by atoms with E-state index in [0.29, 0.717) is 5.96 Å². The maximum absolute atomic E-state index is 3.93. The van der Waals surface area contributed by atoms with E-state index in [0.717, 1.165) is 18.7 Å². The average molecular weight is 245 g/mol. The Balaban J connectivity index is 1.98. The van der Waals surface area contributed by atoms with E-state index in [2.05, 4.69) is 57.5 Å². The maximum Gasteiger partial charge on any atom is 0.272 e. The van der Waals surface area contributed by atoms with Crippen molar-refractivity contribution < 1.29 is 0 Å². The molecule has 18 heavy (non-hydrogen) atoms. The molecule has 2 rings (SSSR count). The largest absolute Gasteiger partial charge is 0.372 e. The standard InChI is InChI=1S/C12H17N6/c1-3-18(4-2)11-7-5-10(6-8-11)9-13-14-12-15-17-16-12/h5-9,17H,3-4H2,1-2H3,(H,14,15)/b13-9+. The van der Waals surface area contributed by atoms with Crippen molar-refractivity contribution in [2.24, 2.45) is 10.2 Å². The van der Waals surface area contributed by atoms with Gasteiger partial charge in [-0.3, -0.25) is 5.43 Å². The zero-order valence-corrected chi connectivity index (χ0v) is 10.6. The quantitative estimate of drug-likeness (QED) is 0.597. The molecule has 1 aromatic carbocycles. The van der Waals surface area contributed by atoms with Crippen molar-refractivity contribution in [1.82, 2.24) is 16.4 Å². The molecule has 0 saturated carbocycles. The van der Waals surface area contributed by atoms with Crippen LogP contribution in [0.1, 0.15) is 19.4 Å². The first-order valence-electron chi connectivity index (χ1n) is 6.01. The number of hydrogen-bond acceptors (Lipinski definition) is 4. The predicted molar refractivity (Wildman–Crippen MR) is 73.4 cm³/mol. The van der Waals surface area contributed by atoms with Crippen LogP contribution in [0.4, 0.5) is 5.69 Å². The summed E-state index contributed by atoms with van der Waals surface area (Å²) in [6, 6.07) is 8.24. The third kappa shape index (κ3) is 2.98. The molecule has 0 aromatic heterocycles. The normalized spacial score (nSPS) is 16.2. The van der Waals surface area contributed by atoms with Gasteiger partial charge in [0.2, 0.25) is 0 Å². The van der Waals surface area contributed by atoms with Crippen LogP contribution >= 0.6 is 0 Å². The smallest absolute Gasteiger partial charge is 0.272 e. The molecule has 6 heteroatoms. The van der Waals surface area contributed by atoms with Gasteiger partial charge in [-0.1, -0.05) is 12.1 Å². The SMILES string of the molecule is CCN(CC)c1ccc(/C=N/N=C2\[N]NN2)cc1. The Morgan fingerprint density at radius 2 is 1.89 bits per heavy atom. The minimum Gasteiger partial charge on any atom is -0.372 e. The van der Waals surface area contributed by atoms with E-state index >= 15 is 0 Å². The van der Waals surface area contributed by atoms with E-state index in [1.54, 1.807) is 6.21 Å². The lowest BCUT2D eigenvalue weighted by Gasteiger charge is -2.20. The van der Waals surface area contributed by atoms with Gasteiger partial charge in [0.1, 0.15) is 0 Å². The van der Waals surface area contributed by atoms with Gasteiger partial charge >= 0.3 is 0 Å². The fourth-order valence-corrected chi connectivity index (χ4v) is 1.66. The first-order chi connectivity index (χ1) is 8.83. The van der Waals surface area contributed by atoms with Crippen molar-refractivity contribution in [2.45, 2.75) is 13.8 Å². The number of anilines is 1. The predicted octanol–water partition coefficient (Wildman–Crippen LogP) is 0.850. The van der Waals surface area contributed by atoms with Gasteiger partial charge in [-0.2, -0.15) is 5.10 Å². The highest BCUT2D eigenvalue weighted by molar-refractivity contribution is 5.84. The zero-order valence-electron chi connectivity index (χ0n) is 10.6. The Bertz CT molecular complexity index is 426. The van der Waals surface area contributed by atoms with Crippen molar-refractivity contribution in [2.75, 3.05) is 18.0 Å². The van der Waals surface area contributed by atoms with E-state index in [9.17, 15) is 0 Å². The Hall–Kier alpha value is -2.08. The molecule has 0 aliphatic carbocycles. The van der Waals surface area contributed by atoms with Crippen molar-refractivity contribution >= 4 is 17.9 Å². The summed E-state index contributed by atoms with van der Waals surface area (Å²) in [5.74, 6) is 0.492. The molecule has 1 aliphatic heterocycles. The minimum atomic E-state index is 0.492. The van der Waals surface area contributed by atoms with E-state index in [1.165, 1.54) is 5.69 Å². The van der Waals surface area contributed by atoms with Gasteiger partial charge in [0, 0.05) is 18.8 Å². The fraction of sp³-hybridized carbons (Fsp3) is 0.333.